The van der Waals surface area contributed by atoms with Crippen molar-refractivity contribution in [3.63, 3.8) is 0 Å². The Labute approximate surface area is 219 Å². The summed E-state index contributed by atoms with van der Waals surface area (Å²) < 4.78 is 28.2. The maximum absolute atomic E-state index is 12.7. The lowest BCUT2D eigenvalue weighted by molar-refractivity contribution is 0.491. The third-order valence-corrected chi connectivity index (χ3v) is 7.16. The standard InChI is InChI=1S/C25H33N7O2S.ClH/c1-18-17-27-24(29-19-7-5-9-21(15-19)32-13-11-26-12-14-32)30-23(18)28-20-8-6-10-22(16-20)35(33,34)31-25(2,3)4;/h5-10,15-17,26,31H,11-14H2,1-4H3,(H2,27,28,29,30);1H. The molecule has 1 saturated heterocycles. The van der Waals surface area contributed by atoms with Crippen LogP contribution < -0.4 is 25.6 Å². The zero-order chi connectivity index (χ0) is 25.1. The number of sulfonamides is 1. The number of nitrogens with one attached hydrogen (secondary N) is 4. The highest BCUT2D eigenvalue weighted by molar-refractivity contribution is 7.89. The van der Waals surface area contributed by atoms with Gasteiger partial charge in [-0.2, -0.15) is 4.98 Å². The van der Waals surface area contributed by atoms with Crippen molar-refractivity contribution < 1.29 is 8.42 Å². The van der Waals surface area contributed by atoms with Gasteiger partial charge in [-0.25, -0.2) is 18.1 Å². The number of hydrogen-bond acceptors (Lipinski definition) is 8. The molecular formula is C25H34ClN7O2S. The second-order valence-electron chi connectivity index (χ2n) is 9.65. The number of piperazine rings is 1. The highest BCUT2D eigenvalue weighted by Crippen LogP contribution is 2.25. The first-order chi connectivity index (χ1) is 16.6. The first-order valence-corrected chi connectivity index (χ1v) is 13.1. The SMILES string of the molecule is Cc1cnc(Nc2cccc(N3CCNCC3)c2)nc1Nc1cccc(S(=O)(=O)NC(C)(C)C)c1.Cl. The van der Waals surface area contributed by atoms with Crippen LogP contribution >= 0.6 is 12.4 Å². The molecule has 4 N–H and O–H groups in total. The van der Waals surface area contributed by atoms with Crippen molar-refractivity contribution in [2.45, 2.75) is 38.1 Å². The van der Waals surface area contributed by atoms with Gasteiger partial charge in [0.15, 0.2) is 0 Å². The monoisotopic (exact) mass is 531 g/mol. The molecule has 9 nitrogen and oxygen atoms in total. The first kappa shape index (κ1) is 27.7. The Bertz CT molecular complexity index is 1290. The number of benzene rings is 2. The summed E-state index contributed by atoms with van der Waals surface area (Å²) in [5.41, 5.74) is 2.94. The summed E-state index contributed by atoms with van der Waals surface area (Å²) in [4.78, 5) is 11.6. The molecule has 0 amide bonds. The molecule has 0 spiro atoms. The van der Waals surface area contributed by atoms with Crippen LogP contribution in [0.15, 0.2) is 59.6 Å². The zero-order valence-corrected chi connectivity index (χ0v) is 22.6. The van der Waals surface area contributed by atoms with Crippen molar-refractivity contribution in [2.24, 2.45) is 0 Å². The molecule has 0 radical (unpaired) electrons. The molecule has 194 valence electrons. The van der Waals surface area contributed by atoms with Crippen molar-refractivity contribution >= 4 is 51.3 Å². The summed E-state index contributed by atoms with van der Waals surface area (Å²) >= 11 is 0. The second kappa shape index (κ2) is 11.4. The average molecular weight is 532 g/mol. The van der Waals surface area contributed by atoms with E-state index >= 15 is 0 Å². The quantitative estimate of drug-likeness (QED) is 0.359. The minimum atomic E-state index is -3.65. The van der Waals surface area contributed by atoms with E-state index in [-0.39, 0.29) is 17.3 Å². The van der Waals surface area contributed by atoms with Gasteiger partial charge in [-0.15, -0.1) is 12.4 Å². The molecule has 2 aromatic carbocycles. The van der Waals surface area contributed by atoms with Crippen molar-refractivity contribution in [1.82, 2.24) is 20.0 Å². The Balaban J connectivity index is 0.00000361. The first-order valence-electron chi connectivity index (χ1n) is 11.7. The highest BCUT2D eigenvalue weighted by Gasteiger charge is 2.22. The predicted octanol–water partition coefficient (Wildman–Crippen LogP) is 4.18. The number of nitrogens with zero attached hydrogens (tertiary/aromatic N) is 3. The molecule has 2 heterocycles. The van der Waals surface area contributed by atoms with Crippen molar-refractivity contribution in [1.29, 1.82) is 0 Å². The van der Waals surface area contributed by atoms with Crippen LogP contribution in [-0.4, -0.2) is 50.1 Å². The van der Waals surface area contributed by atoms with Crippen molar-refractivity contribution in [3.8, 4) is 0 Å². The fourth-order valence-corrected chi connectivity index (χ4v) is 5.26. The van der Waals surface area contributed by atoms with Crippen molar-refractivity contribution in [2.75, 3.05) is 41.7 Å². The molecule has 1 fully saturated rings. The molecular weight excluding hydrogens is 498 g/mol. The largest absolute Gasteiger partial charge is 0.369 e. The van der Waals surface area contributed by atoms with Gasteiger partial charge >= 0.3 is 0 Å². The van der Waals surface area contributed by atoms with E-state index in [9.17, 15) is 8.42 Å². The summed E-state index contributed by atoms with van der Waals surface area (Å²) in [5.74, 6) is 1.05. The number of halogens is 1. The third-order valence-electron chi connectivity index (χ3n) is 5.40. The number of hydrogen-bond donors (Lipinski definition) is 4. The van der Waals surface area contributed by atoms with E-state index in [1.165, 1.54) is 0 Å². The lowest BCUT2D eigenvalue weighted by Gasteiger charge is -2.29. The van der Waals surface area contributed by atoms with Crippen LogP contribution in [0, 0.1) is 6.92 Å². The predicted molar refractivity (Wildman–Crippen MR) is 149 cm³/mol. The van der Waals surface area contributed by atoms with Gasteiger partial charge < -0.3 is 20.9 Å². The molecule has 0 saturated carbocycles. The van der Waals surface area contributed by atoms with E-state index in [0.717, 1.165) is 43.1 Å². The smallest absolute Gasteiger partial charge is 0.241 e. The lowest BCUT2D eigenvalue weighted by Crippen LogP contribution is -2.43. The lowest BCUT2D eigenvalue weighted by atomic mass is 10.1. The number of aryl methyl sites for hydroxylation is 1. The molecule has 0 aliphatic carbocycles. The van der Waals surface area contributed by atoms with Gasteiger partial charge in [0.25, 0.3) is 0 Å². The maximum atomic E-state index is 12.7. The van der Waals surface area contributed by atoms with Crippen LogP contribution in [0.2, 0.25) is 0 Å². The van der Waals surface area contributed by atoms with Crippen LogP contribution in [0.5, 0.6) is 0 Å². The van der Waals surface area contributed by atoms with E-state index in [0.29, 0.717) is 17.5 Å². The Morgan fingerprint density at radius 1 is 0.972 bits per heavy atom. The van der Waals surface area contributed by atoms with Gasteiger partial charge in [0, 0.05) is 60.5 Å². The topological polar surface area (TPSA) is 111 Å². The summed E-state index contributed by atoms with van der Waals surface area (Å²) in [6.45, 7) is 11.2. The number of rotatable bonds is 7. The Hall–Kier alpha value is -2.92. The normalized spacial score (nSPS) is 14.2. The summed E-state index contributed by atoms with van der Waals surface area (Å²) in [6.07, 6.45) is 1.74. The zero-order valence-electron chi connectivity index (χ0n) is 21.0. The van der Waals surface area contributed by atoms with Crippen LogP contribution in [0.1, 0.15) is 26.3 Å². The molecule has 0 atom stereocenters. The third kappa shape index (κ3) is 7.30. The molecule has 1 aromatic heterocycles. The van der Waals surface area contributed by atoms with E-state index in [4.69, 9.17) is 0 Å². The highest BCUT2D eigenvalue weighted by atomic mass is 35.5. The van der Waals surface area contributed by atoms with E-state index in [2.05, 4.69) is 47.7 Å². The molecule has 4 rings (SSSR count). The summed E-state index contributed by atoms with van der Waals surface area (Å²) in [7, 11) is -3.65. The fraction of sp³-hybridized carbons (Fsp3) is 0.360. The molecule has 3 aromatic rings. The molecule has 0 unspecified atom stereocenters. The van der Waals surface area contributed by atoms with Crippen LogP contribution in [0.25, 0.3) is 0 Å². The Kier molecular flexibility index (Phi) is 8.78. The number of anilines is 5. The van der Waals surface area contributed by atoms with Gasteiger partial charge in [0.2, 0.25) is 16.0 Å². The van der Waals surface area contributed by atoms with Crippen LogP contribution in [-0.2, 0) is 10.0 Å². The second-order valence-corrected chi connectivity index (χ2v) is 11.3. The molecule has 36 heavy (non-hydrogen) atoms. The van der Waals surface area contributed by atoms with Crippen LogP contribution in [0.3, 0.4) is 0 Å². The molecule has 1 aliphatic heterocycles. The average Bonchev–Trinajstić information content (AvgIpc) is 2.81. The van der Waals surface area contributed by atoms with Gasteiger partial charge in [0.1, 0.15) is 5.82 Å². The van der Waals surface area contributed by atoms with E-state index in [1.807, 2.05) is 45.9 Å². The minimum absolute atomic E-state index is 0. The number of aromatic nitrogens is 2. The summed E-state index contributed by atoms with van der Waals surface area (Å²) in [5, 5.41) is 9.90. The molecule has 0 bridgehead atoms. The van der Waals surface area contributed by atoms with Gasteiger partial charge in [-0.1, -0.05) is 12.1 Å². The van der Waals surface area contributed by atoms with E-state index in [1.54, 1.807) is 24.4 Å². The molecule has 11 heteroatoms. The van der Waals surface area contributed by atoms with Crippen LogP contribution in [0.4, 0.5) is 28.8 Å². The fourth-order valence-electron chi connectivity index (χ4n) is 3.80. The van der Waals surface area contributed by atoms with Crippen molar-refractivity contribution in [3.05, 3.63) is 60.3 Å². The van der Waals surface area contributed by atoms with Gasteiger partial charge in [-0.05, 0) is 64.1 Å². The maximum Gasteiger partial charge on any atom is 0.241 e. The Morgan fingerprint density at radius 3 is 2.33 bits per heavy atom. The minimum Gasteiger partial charge on any atom is -0.369 e. The Morgan fingerprint density at radius 2 is 1.64 bits per heavy atom. The van der Waals surface area contributed by atoms with Gasteiger partial charge in [0.05, 0.1) is 4.90 Å². The summed E-state index contributed by atoms with van der Waals surface area (Å²) in [6, 6.07) is 14.9. The molecule has 1 aliphatic rings. The van der Waals surface area contributed by atoms with Gasteiger partial charge in [-0.3, -0.25) is 0 Å². The van der Waals surface area contributed by atoms with E-state index < -0.39 is 15.6 Å².